The molecule has 0 radical (unpaired) electrons. The average Bonchev–Trinajstić information content (AvgIpc) is 2.32. The molecule has 5 heteroatoms. The molecule has 2 heterocycles. The largest absolute Gasteiger partial charge is 0.456 e. The van der Waals surface area contributed by atoms with Crippen molar-refractivity contribution in [2.24, 2.45) is 0 Å². The Labute approximate surface area is 136 Å². The molecule has 1 aliphatic carbocycles. The molecular weight excluding hydrogens is 475 g/mol. The standard InChI is InChI=1S/C13H9Br2IO2/c14-9-6-13(15)8(5-11(9)18-12(13)17)7-3-1-2-4-10(7)16/h1-4,6,8,11H,5H2/t8-,11+,13-/m1/s1. The van der Waals surface area contributed by atoms with Crippen molar-refractivity contribution in [3.8, 4) is 0 Å². The Morgan fingerprint density at radius 1 is 1.39 bits per heavy atom. The molecular formula is C13H9Br2IO2. The molecule has 4 rings (SSSR count). The normalized spacial score (nSPS) is 34.2. The summed E-state index contributed by atoms with van der Waals surface area (Å²) in [5, 5.41) is 0. The van der Waals surface area contributed by atoms with Crippen molar-refractivity contribution in [2.45, 2.75) is 22.8 Å². The second kappa shape index (κ2) is 4.59. The van der Waals surface area contributed by atoms with E-state index in [0.717, 1.165) is 10.9 Å². The third kappa shape index (κ3) is 1.89. The molecule has 0 saturated carbocycles. The van der Waals surface area contributed by atoms with E-state index in [1.165, 1.54) is 9.13 Å². The van der Waals surface area contributed by atoms with Gasteiger partial charge in [-0.05, 0) is 46.7 Å². The van der Waals surface area contributed by atoms with Crippen LogP contribution in [0.5, 0.6) is 0 Å². The minimum atomic E-state index is -0.734. The maximum absolute atomic E-state index is 12.1. The fraction of sp³-hybridized carbons (Fsp3) is 0.308. The lowest BCUT2D eigenvalue weighted by Crippen LogP contribution is -2.51. The second-order valence-corrected chi connectivity index (χ2v) is 7.89. The highest BCUT2D eigenvalue weighted by atomic mass is 127. The number of fused-ring (bicyclic) bond motifs is 2. The first-order chi connectivity index (χ1) is 8.52. The molecule has 2 bridgehead atoms. The zero-order valence-electron chi connectivity index (χ0n) is 9.20. The number of alkyl halides is 1. The molecule has 0 aromatic heterocycles. The number of esters is 1. The molecule has 18 heavy (non-hydrogen) atoms. The average molecular weight is 484 g/mol. The van der Waals surface area contributed by atoms with Crippen LogP contribution in [0.4, 0.5) is 0 Å². The van der Waals surface area contributed by atoms with Gasteiger partial charge < -0.3 is 4.74 Å². The molecule has 2 aliphatic heterocycles. The lowest BCUT2D eigenvalue weighted by molar-refractivity contribution is -0.155. The van der Waals surface area contributed by atoms with Crippen LogP contribution in [0.2, 0.25) is 0 Å². The van der Waals surface area contributed by atoms with Crippen molar-refractivity contribution in [1.29, 1.82) is 0 Å². The monoisotopic (exact) mass is 482 g/mol. The van der Waals surface area contributed by atoms with Crippen molar-refractivity contribution in [1.82, 2.24) is 0 Å². The number of hydrogen-bond acceptors (Lipinski definition) is 2. The van der Waals surface area contributed by atoms with Crippen LogP contribution in [0.15, 0.2) is 34.8 Å². The summed E-state index contributed by atoms with van der Waals surface area (Å²) in [4.78, 5) is 12.1. The van der Waals surface area contributed by atoms with Crippen LogP contribution in [-0.2, 0) is 9.53 Å². The predicted octanol–water partition coefficient (Wildman–Crippen LogP) is 4.12. The summed E-state index contributed by atoms with van der Waals surface area (Å²) in [7, 11) is 0. The van der Waals surface area contributed by atoms with E-state index in [4.69, 9.17) is 4.74 Å². The SMILES string of the molecule is O=C1O[C@H]2C[C@H](c3ccccc3I)[C@]1(Br)C=C2Br. The molecule has 0 unspecified atom stereocenters. The zero-order chi connectivity index (χ0) is 12.9. The van der Waals surface area contributed by atoms with Gasteiger partial charge in [-0.2, -0.15) is 0 Å². The molecule has 1 aromatic rings. The highest BCUT2D eigenvalue weighted by Gasteiger charge is 2.54. The summed E-state index contributed by atoms with van der Waals surface area (Å²) in [6.07, 6.45) is 2.62. The summed E-state index contributed by atoms with van der Waals surface area (Å²) in [5.74, 6) is -0.0650. The van der Waals surface area contributed by atoms with Gasteiger partial charge in [-0.1, -0.05) is 50.1 Å². The highest BCUT2D eigenvalue weighted by molar-refractivity contribution is 14.1. The van der Waals surface area contributed by atoms with Crippen LogP contribution in [0, 0.1) is 3.57 Å². The first-order valence-electron chi connectivity index (χ1n) is 5.55. The number of rotatable bonds is 1. The van der Waals surface area contributed by atoms with Gasteiger partial charge in [0.05, 0.1) is 0 Å². The minimum absolute atomic E-state index is 0.123. The van der Waals surface area contributed by atoms with Gasteiger partial charge in [0.15, 0.2) is 0 Å². The lowest BCUT2D eigenvalue weighted by atomic mass is 9.76. The fourth-order valence-electron chi connectivity index (χ4n) is 2.53. The van der Waals surface area contributed by atoms with E-state index in [1.807, 2.05) is 18.2 Å². The molecule has 0 N–H and O–H groups in total. The Morgan fingerprint density at radius 3 is 2.83 bits per heavy atom. The predicted molar refractivity (Wildman–Crippen MR) is 85.1 cm³/mol. The molecule has 3 aliphatic rings. The van der Waals surface area contributed by atoms with Gasteiger partial charge in [-0.25, -0.2) is 0 Å². The van der Waals surface area contributed by atoms with Crippen molar-refractivity contribution >= 4 is 60.4 Å². The van der Waals surface area contributed by atoms with E-state index < -0.39 is 4.32 Å². The van der Waals surface area contributed by atoms with E-state index in [0.29, 0.717) is 0 Å². The maximum atomic E-state index is 12.1. The quantitative estimate of drug-likeness (QED) is 0.341. The third-order valence-corrected chi connectivity index (χ3v) is 6.28. The number of benzene rings is 1. The van der Waals surface area contributed by atoms with E-state index in [-0.39, 0.29) is 18.0 Å². The number of carbonyl (C=O) groups is 1. The minimum Gasteiger partial charge on any atom is -0.456 e. The number of halogens is 3. The van der Waals surface area contributed by atoms with Crippen LogP contribution in [0.25, 0.3) is 0 Å². The van der Waals surface area contributed by atoms with Crippen molar-refractivity contribution in [3.63, 3.8) is 0 Å². The van der Waals surface area contributed by atoms with E-state index in [2.05, 4.69) is 66.6 Å². The van der Waals surface area contributed by atoms with Gasteiger partial charge >= 0.3 is 5.97 Å². The first kappa shape index (κ1) is 13.1. The van der Waals surface area contributed by atoms with Crippen molar-refractivity contribution < 1.29 is 9.53 Å². The molecule has 2 nitrogen and oxygen atoms in total. The Kier molecular flexibility index (Phi) is 3.35. The van der Waals surface area contributed by atoms with Crippen LogP contribution < -0.4 is 0 Å². The Bertz CT molecular complexity index is 558. The number of ether oxygens (including phenoxy) is 1. The number of hydrogen-bond donors (Lipinski definition) is 0. The molecule has 1 aromatic carbocycles. The smallest absolute Gasteiger partial charge is 0.328 e. The highest BCUT2D eigenvalue weighted by Crippen LogP contribution is 2.52. The first-order valence-corrected chi connectivity index (χ1v) is 8.21. The molecule has 1 fully saturated rings. The summed E-state index contributed by atoms with van der Waals surface area (Å²) in [5.41, 5.74) is 1.20. The van der Waals surface area contributed by atoms with Gasteiger partial charge in [-0.15, -0.1) is 0 Å². The molecule has 0 amide bonds. The summed E-state index contributed by atoms with van der Waals surface area (Å²) < 4.78 is 6.80. The van der Waals surface area contributed by atoms with Gasteiger partial charge in [0.25, 0.3) is 0 Å². The van der Waals surface area contributed by atoms with Gasteiger partial charge in [0.2, 0.25) is 0 Å². The summed E-state index contributed by atoms with van der Waals surface area (Å²) >= 11 is 9.39. The molecule has 0 spiro atoms. The van der Waals surface area contributed by atoms with Gasteiger partial charge in [0.1, 0.15) is 10.4 Å². The molecule has 1 saturated heterocycles. The number of carbonyl (C=O) groups excluding carboxylic acids is 1. The Hall–Kier alpha value is 0.120. The zero-order valence-corrected chi connectivity index (χ0v) is 14.5. The Balaban J connectivity index is 2.11. The molecule has 94 valence electrons. The topological polar surface area (TPSA) is 26.3 Å². The van der Waals surface area contributed by atoms with E-state index in [9.17, 15) is 4.79 Å². The lowest BCUT2D eigenvalue weighted by Gasteiger charge is -2.44. The third-order valence-electron chi connectivity index (χ3n) is 3.46. The van der Waals surface area contributed by atoms with Crippen molar-refractivity contribution in [3.05, 3.63) is 44.0 Å². The van der Waals surface area contributed by atoms with Crippen LogP contribution in [-0.4, -0.2) is 16.4 Å². The summed E-state index contributed by atoms with van der Waals surface area (Å²) in [6.45, 7) is 0. The van der Waals surface area contributed by atoms with Gasteiger partial charge in [0, 0.05) is 14.0 Å². The fourth-order valence-corrected chi connectivity index (χ4v) is 5.01. The van der Waals surface area contributed by atoms with Crippen LogP contribution >= 0.6 is 54.5 Å². The van der Waals surface area contributed by atoms with Crippen LogP contribution in [0.3, 0.4) is 0 Å². The van der Waals surface area contributed by atoms with Crippen molar-refractivity contribution in [2.75, 3.05) is 0 Å². The maximum Gasteiger partial charge on any atom is 0.328 e. The summed E-state index contributed by atoms with van der Waals surface area (Å²) in [6, 6.07) is 8.18. The van der Waals surface area contributed by atoms with E-state index >= 15 is 0 Å². The second-order valence-electron chi connectivity index (χ2n) is 4.50. The van der Waals surface area contributed by atoms with Gasteiger partial charge in [-0.3, -0.25) is 4.79 Å². The molecule has 3 atom stereocenters. The Morgan fingerprint density at radius 2 is 2.11 bits per heavy atom. The van der Waals surface area contributed by atoms with E-state index in [1.54, 1.807) is 0 Å². The van der Waals surface area contributed by atoms with Crippen LogP contribution in [0.1, 0.15) is 17.9 Å².